The molecular formula is C30H26F7N3O5S. The van der Waals surface area contributed by atoms with Crippen molar-refractivity contribution in [3.05, 3.63) is 87.5 Å². The van der Waals surface area contributed by atoms with Gasteiger partial charge in [0, 0.05) is 22.3 Å². The summed E-state index contributed by atoms with van der Waals surface area (Å²) in [4.78, 5) is 26.5. The molecule has 4 rings (SSSR count). The van der Waals surface area contributed by atoms with Crippen LogP contribution in [0.25, 0.3) is 10.1 Å². The van der Waals surface area contributed by atoms with E-state index < -0.39 is 58.6 Å². The van der Waals surface area contributed by atoms with Gasteiger partial charge in [0.1, 0.15) is 22.7 Å². The lowest BCUT2D eigenvalue weighted by Crippen LogP contribution is -2.36. The molecule has 0 aliphatic carbocycles. The van der Waals surface area contributed by atoms with Crippen LogP contribution in [0.3, 0.4) is 0 Å². The maximum absolute atomic E-state index is 13.8. The van der Waals surface area contributed by atoms with Crippen LogP contribution in [0.5, 0.6) is 5.75 Å². The number of amides is 2. The third kappa shape index (κ3) is 7.93. The average Bonchev–Trinajstić information content (AvgIpc) is 3.32. The van der Waals surface area contributed by atoms with E-state index in [9.17, 15) is 50.5 Å². The lowest BCUT2D eigenvalue weighted by molar-refractivity contribution is -0.140. The largest absolute Gasteiger partial charge is 0.496 e. The smallest absolute Gasteiger partial charge is 0.419 e. The number of benzene rings is 3. The van der Waals surface area contributed by atoms with Crippen LogP contribution in [0.1, 0.15) is 56.8 Å². The number of halogens is 7. The van der Waals surface area contributed by atoms with Gasteiger partial charge in [0.25, 0.3) is 11.8 Å². The molecule has 1 atom stereocenters. The Hall–Kier alpha value is -4.25. The number of carbonyl (C=O) groups is 2. The molecule has 5 N–H and O–H groups in total. The summed E-state index contributed by atoms with van der Waals surface area (Å²) in [6.07, 6.45) is -11.2. The molecule has 1 aromatic heterocycles. The Morgan fingerprint density at radius 3 is 2.22 bits per heavy atom. The molecule has 4 aromatic rings. The van der Waals surface area contributed by atoms with Gasteiger partial charge in [-0.15, -0.1) is 11.3 Å². The number of alkyl halides is 6. The summed E-state index contributed by atoms with van der Waals surface area (Å²) in [6, 6.07) is 8.27. The lowest BCUT2D eigenvalue weighted by atomic mass is 10.1. The fourth-order valence-electron chi connectivity index (χ4n) is 4.28. The van der Waals surface area contributed by atoms with Crippen LogP contribution in [-0.4, -0.2) is 41.3 Å². The predicted molar refractivity (Wildman–Crippen MR) is 156 cm³/mol. The van der Waals surface area contributed by atoms with Crippen molar-refractivity contribution >= 4 is 44.6 Å². The SMILES string of the molecule is COc1ccc(C(O)NCC(C)(C)O)cc1C(=O)Nc1c(C(=O)Nc2ccc(F)c(C(F)(F)F)c2)sc2cc(C(F)(F)F)ccc12. The fraction of sp³-hybridized carbons (Fsp3) is 0.267. The number of hydrogen-bond donors (Lipinski definition) is 5. The van der Waals surface area contributed by atoms with Gasteiger partial charge in [0.2, 0.25) is 0 Å². The summed E-state index contributed by atoms with van der Waals surface area (Å²) in [5.74, 6) is -3.58. The van der Waals surface area contributed by atoms with E-state index in [-0.39, 0.29) is 44.1 Å². The number of nitrogens with one attached hydrogen (secondary N) is 3. The van der Waals surface area contributed by atoms with Crippen LogP contribution >= 0.6 is 11.3 Å². The summed E-state index contributed by atoms with van der Waals surface area (Å²) in [5.41, 5.74) is -4.60. The maximum atomic E-state index is 13.8. The van der Waals surface area contributed by atoms with Crippen molar-refractivity contribution in [1.82, 2.24) is 5.32 Å². The second-order valence-corrected chi connectivity index (χ2v) is 11.7. The molecule has 46 heavy (non-hydrogen) atoms. The number of aliphatic hydroxyl groups excluding tert-OH is 1. The van der Waals surface area contributed by atoms with Crippen molar-refractivity contribution in [3.63, 3.8) is 0 Å². The molecule has 0 saturated heterocycles. The summed E-state index contributed by atoms with van der Waals surface area (Å²) < 4.78 is 99.0. The zero-order valence-corrected chi connectivity index (χ0v) is 25.0. The Bertz CT molecular complexity index is 1780. The molecule has 2 amide bonds. The zero-order valence-electron chi connectivity index (χ0n) is 24.2. The second kappa shape index (κ2) is 12.9. The van der Waals surface area contributed by atoms with Crippen molar-refractivity contribution in [3.8, 4) is 5.75 Å². The van der Waals surface area contributed by atoms with Crippen LogP contribution in [-0.2, 0) is 12.4 Å². The van der Waals surface area contributed by atoms with Gasteiger partial charge in [-0.2, -0.15) is 26.3 Å². The van der Waals surface area contributed by atoms with E-state index in [1.165, 1.54) is 39.2 Å². The third-order valence-electron chi connectivity index (χ3n) is 6.50. The van der Waals surface area contributed by atoms with Gasteiger partial charge in [-0.25, -0.2) is 4.39 Å². The first kappa shape index (κ1) is 34.6. The molecule has 3 aromatic carbocycles. The number of fused-ring (bicyclic) bond motifs is 1. The number of methoxy groups -OCH3 is 1. The van der Waals surface area contributed by atoms with E-state index in [2.05, 4.69) is 16.0 Å². The van der Waals surface area contributed by atoms with Crippen molar-refractivity contribution in [1.29, 1.82) is 0 Å². The standard InChI is InChI=1S/C30H26F7N3O5S/c1-28(2,44)13-38-25(41)14-4-9-21(45-3)18(10-14)26(42)40-23-17-7-5-15(29(32,33)34)11-22(17)46-24(23)27(43)39-16-6-8-20(31)19(12-16)30(35,36)37/h4-12,25,38,41,44H,13H2,1-3H3,(H,39,43)(H,40,42). The minimum Gasteiger partial charge on any atom is -0.496 e. The lowest BCUT2D eigenvalue weighted by Gasteiger charge is -2.22. The van der Waals surface area contributed by atoms with Crippen LogP contribution in [0.15, 0.2) is 54.6 Å². The summed E-state index contributed by atoms with van der Waals surface area (Å²) in [6.45, 7) is 2.97. The van der Waals surface area contributed by atoms with Crippen molar-refractivity contribution < 1.29 is 55.3 Å². The molecule has 0 aliphatic rings. The van der Waals surface area contributed by atoms with Gasteiger partial charge in [-0.3, -0.25) is 14.9 Å². The first-order valence-electron chi connectivity index (χ1n) is 13.2. The number of aliphatic hydroxyl groups is 2. The van der Waals surface area contributed by atoms with Crippen molar-refractivity contribution in [2.75, 3.05) is 24.3 Å². The third-order valence-corrected chi connectivity index (χ3v) is 7.65. The molecule has 1 unspecified atom stereocenters. The molecule has 0 saturated carbocycles. The van der Waals surface area contributed by atoms with Gasteiger partial charge >= 0.3 is 12.4 Å². The van der Waals surface area contributed by atoms with Gasteiger partial charge < -0.3 is 25.6 Å². The number of thiophene rings is 1. The molecule has 8 nitrogen and oxygen atoms in total. The highest BCUT2D eigenvalue weighted by molar-refractivity contribution is 7.21. The molecule has 0 radical (unpaired) electrons. The Labute approximate surface area is 260 Å². The molecule has 0 spiro atoms. The van der Waals surface area contributed by atoms with Crippen molar-refractivity contribution in [2.45, 2.75) is 38.0 Å². The normalized spacial score (nSPS) is 13.0. The number of ether oxygens (including phenoxy) is 1. The Kier molecular flexibility index (Phi) is 9.68. The molecule has 1 heterocycles. The monoisotopic (exact) mass is 673 g/mol. The number of anilines is 2. The highest BCUT2D eigenvalue weighted by atomic mass is 32.1. The highest BCUT2D eigenvalue weighted by Gasteiger charge is 2.35. The van der Waals surface area contributed by atoms with Crippen LogP contribution in [0.2, 0.25) is 0 Å². The topological polar surface area (TPSA) is 120 Å². The van der Waals surface area contributed by atoms with E-state index in [1.54, 1.807) is 0 Å². The van der Waals surface area contributed by atoms with E-state index in [0.717, 1.165) is 24.3 Å². The van der Waals surface area contributed by atoms with Crippen LogP contribution < -0.4 is 20.7 Å². The minimum atomic E-state index is -5.08. The van der Waals surface area contributed by atoms with E-state index in [4.69, 9.17) is 4.74 Å². The number of hydrogen-bond acceptors (Lipinski definition) is 7. The summed E-state index contributed by atoms with van der Waals surface area (Å²) in [7, 11) is 1.25. The quantitative estimate of drug-likeness (QED) is 0.0970. The predicted octanol–water partition coefficient (Wildman–Crippen LogP) is 6.94. The van der Waals surface area contributed by atoms with E-state index >= 15 is 0 Å². The highest BCUT2D eigenvalue weighted by Crippen LogP contribution is 2.41. The summed E-state index contributed by atoms with van der Waals surface area (Å²) >= 11 is 0.530. The molecular weight excluding hydrogens is 647 g/mol. The van der Waals surface area contributed by atoms with Crippen molar-refractivity contribution in [2.24, 2.45) is 0 Å². The molecule has 0 fully saturated rings. The van der Waals surface area contributed by atoms with Gasteiger partial charge in [-0.1, -0.05) is 12.1 Å². The van der Waals surface area contributed by atoms with E-state index in [0.29, 0.717) is 23.5 Å². The first-order chi connectivity index (χ1) is 21.3. The molecule has 0 aliphatic heterocycles. The van der Waals surface area contributed by atoms with Gasteiger partial charge in [0.15, 0.2) is 0 Å². The van der Waals surface area contributed by atoms with Crippen LogP contribution in [0.4, 0.5) is 42.1 Å². The number of rotatable bonds is 9. The molecule has 16 heteroatoms. The van der Waals surface area contributed by atoms with Gasteiger partial charge in [-0.05, 0) is 61.9 Å². The summed E-state index contributed by atoms with van der Waals surface area (Å²) in [5, 5.41) is 27.8. The minimum absolute atomic E-state index is 0.00795. The molecule has 0 bridgehead atoms. The molecule has 246 valence electrons. The van der Waals surface area contributed by atoms with Crippen LogP contribution in [0, 0.1) is 5.82 Å². The fourth-order valence-corrected chi connectivity index (χ4v) is 5.38. The Morgan fingerprint density at radius 1 is 0.913 bits per heavy atom. The second-order valence-electron chi connectivity index (χ2n) is 10.7. The van der Waals surface area contributed by atoms with Gasteiger partial charge in [0.05, 0.1) is 35.1 Å². The van der Waals surface area contributed by atoms with E-state index in [1.807, 2.05) is 0 Å². The average molecular weight is 674 g/mol. The Balaban J connectivity index is 1.75. The maximum Gasteiger partial charge on any atom is 0.419 e. The number of carbonyl (C=O) groups excluding carboxylic acids is 2. The Morgan fingerprint density at radius 2 is 1.61 bits per heavy atom. The zero-order chi connectivity index (χ0) is 34.2. The first-order valence-corrected chi connectivity index (χ1v) is 14.0.